The van der Waals surface area contributed by atoms with Crippen molar-refractivity contribution in [2.75, 3.05) is 6.54 Å². The summed E-state index contributed by atoms with van der Waals surface area (Å²) in [5.74, 6) is -2.04. The van der Waals surface area contributed by atoms with Gasteiger partial charge < -0.3 is 30.0 Å². The van der Waals surface area contributed by atoms with Gasteiger partial charge in [-0.25, -0.2) is 0 Å². The summed E-state index contributed by atoms with van der Waals surface area (Å²) < 4.78 is 22.1. The highest BCUT2D eigenvalue weighted by Gasteiger charge is 2.42. The molecule has 0 saturated carbocycles. The molecule has 0 spiro atoms. The topological polar surface area (TPSA) is 147 Å². The Morgan fingerprint density at radius 3 is 2.12 bits per heavy atom. The monoisotopic (exact) mass is 289 g/mol. The zero-order chi connectivity index (χ0) is 13.3. The summed E-state index contributed by atoms with van der Waals surface area (Å²) in [5, 5.41) is 12.1. The van der Waals surface area contributed by atoms with Crippen molar-refractivity contribution in [1.29, 1.82) is 0 Å². The molecule has 0 aromatic heterocycles. The van der Waals surface area contributed by atoms with Gasteiger partial charge in [0.05, 0.1) is 5.66 Å². The van der Waals surface area contributed by atoms with Crippen LogP contribution in [-0.2, 0) is 9.13 Å². The number of hydrogen-bond acceptors (Lipinski definition) is 4. The summed E-state index contributed by atoms with van der Waals surface area (Å²) in [6.45, 7) is 0.604. The molecule has 3 unspecified atom stereocenters. The third kappa shape index (κ3) is 4.43. The van der Waals surface area contributed by atoms with E-state index < -0.39 is 39.2 Å². The van der Waals surface area contributed by atoms with Crippen LogP contribution in [0.25, 0.3) is 0 Å². The molecule has 0 aromatic rings. The average molecular weight is 289 g/mol. The van der Waals surface area contributed by atoms with Gasteiger partial charge >= 0.3 is 15.2 Å². The lowest BCUT2D eigenvalue weighted by Crippen LogP contribution is -2.37. The molecule has 0 bridgehead atoms. The Kier molecular flexibility index (Phi) is 4.91. The molecule has 6 N–H and O–H groups in total. The summed E-state index contributed by atoms with van der Waals surface area (Å²) in [7, 11) is -9.25. The molecule has 1 aliphatic heterocycles. The Morgan fingerprint density at radius 1 is 1.18 bits per heavy atom. The van der Waals surface area contributed by atoms with E-state index in [1.807, 2.05) is 0 Å². The Bertz CT molecular complexity index is 344. The van der Waals surface area contributed by atoms with Crippen LogP contribution < -0.4 is 5.32 Å². The molecule has 17 heavy (non-hydrogen) atoms. The molecule has 1 rings (SSSR count). The summed E-state index contributed by atoms with van der Waals surface area (Å²) in [6.07, 6.45) is 0.642. The van der Waals surface area contributed by atoms with E-state index in [0.29, 0.717) is 13.0 Å². The highest BCUT2D eigenvalue weighted by atomic mass is 31.2. The SMILES string of the molecule is O=P(O)(O)C(O)CC(C1CCCN1)P(=O)(O)O. The van der Waals surface area contributed by atoms with Gasteiger partial charge in [0.25, 0.3) is 0 Å². The van der Waals surface area contributed by atoms with Crippen molar-refractivity contribution in [3.8, 4) is 0 Å². The molecule has 1 fully saturated rings. The van der Waals surface area contributed by atoms with Crippen molar-refractivity contribution < 1.29 is 33.8 Å². The smallest absolute Gasteiger partial charge is 0.353 e. The minimum atomic E-state index is -4.74. The number of hydrogen-bond donors (Lipinski definition) is 6. The molecule has 0 radical (unpaired) electrons. The van der Waals surface area contributed by atoms with Crippen LogP contribution in [0.1, 0.15) is 19.3 Å². The third-order valence-electron chi connectivity index (χ3n) is 2.84. The van der Waals surface area contributed by atoms with Gasteiger partial charge in [-0.3, -0.25) is 9.13 Å². The van der Waals surface area contributed by atoms with Crippen LogP contribution in [0.3, 0.4) is 0 Å². The molecule has 102 valence electrons. The Labute approximate surface area is 98.4 Å². The summed E-state index contributed by atoms with van der Waals surface area (Å²) >= 11 is 0. The highest BCUT2D eigenvalue weighted by Crippen LogP contribution is 2.51. The lowest BCUT2D eigenvalue weighted by molar-refractivity contribution is 0.183. The normalized spacial score (nSPS) is 25.8. The van der Waals surface area contributed by atoms with Gasteiger partial charge in [-0.2, -0.15) is 0 Å². The minimum Gasteiger partial charge on any atom is -0.380 e. The van der Waals surface area contributed by atoms with Gasteiger partial charge in [-0.05, 0) is 19.4 Å². The van der Waals surface area contributed by atoms with E-state index in [1.54, 1.807) is 0 Å². The van der Waals surface area contributed by atoms with E-state index >= 15 is 0 Å². The van der Waals surface area contributed by atoms with E-state index in [9.17, 15) is 14.2 Å². The second-order valence-corrected chi connectivity index (χ2v) is 7.78. The van der Waals surface area contributed by atoms with Gasteiger partial charge in [-0.1, -0.05) is 0 Å². The first-order valence-corrected chi connectivity index (χ1v) is 8.50. The van der Waals surface area contributed by atoms with E-state index in [4.69, 9.17) is 19.6 Å². The number of aliphatic hydroxyl groups is 1. The lowest BCUT2D eigenvalue weighted by Gasteiger charge is -2.26. The fraction of sp³-hybridized carbons (Fsp3) is 1.00. The summed E-state index contributed by atoms with van der Waals surface area (Å²) in [6, 6.07) is -0.517. The van der Waals surface area contributed by atoms with Crippen LogP contribution >= 0.6 is 15.2 Å². The zero-order valence-electron chi connectivity index (χ0n) is 9.01. The predicted octanol–water partition coefficient (Wildman–Crippen LogP) is -0.829. The first-order valence-electron chi connectivity index (χ1n) is 5.14. The van der Waals surface area contributed by atoms with E-state index in [2.05, 4.69) is 5.32 Å². The first kappa shape index (κ1) is 15.3. The van der Waals surface area contributed by atoms with Crippen LogP contribution in [0.4, 0.5) is 0 Å². The van der Waals surface area contributed by atoms with Crippen molar-refractivity contribution in [3.05, 3.63) is 0 Å². The number of rotatable bonds is 5. The molecule has 1 heterocycles. The quantitative estimate of drug-likeness (QED) is 0.359. The van der Waals surface area contributed by atoms with Gasteiger partial charge in [0.1, 0.15) is 0 Å². The maximum Gasteiger partial charge on any atom is 0.353 e. The maximum absolute atomic E-state index is 11.3. The molecule has 10 heteroatoms. The van der Waals surface area contributed by atoms with Gasteiger partial charge in [-0.15, -0.1) is 0 Å². The average Bonchev–Trinajstić information content (AvgIpc) is 2.62. The highest BCUT2D eigenvalue weighted by molar-refractivity contribution is 7.53. The molecule has 3 atom stereocenters. The van der Waals surface area contributed by atoms with Crippen molar-refractivity contribution in [1.82, 2.24) is 5.32 Å². The van der Waals surface area contributed by atoms with Crippen LogP contribution in [0, 0.1) is 0 Å². The summed E-state index contributed by atoms with van der Waals surface area (Å²) in [4.78, 5) is 35.8. The van der Waals surface area contributed by atoms with E-state index in [-0.39, 0.29) is 0 Å². The Balaban J connectivity index is 2.78. The molecule has 0 aromatic carbocycles. The molecular formula is C7H17NO7P2. The first-order chi connectivity index (χ1) is 7.62. The fourth-order valence-electron chi connectivity index (χ4n) is 1.93. The molecule has 0 amide bonds. The van der Waals surface area contributed by atoms with Gasteiger partial charge in [0.2, 0.25) is 0 Å². The second-order valence-electron chi connectivity index (χ2n) is 4.16. The fourth-order valence-corrected chi connectivity index (χ4v) is 3.79. The molecule has 0 aliphatic carbocycles. The number of nitrogens with one attached hydrogen (secondary N) is 1. The molecule has 1 aliphatic rings. The van der Waals surface area contributed by atoms with Crippen molar-refractivity contribution in [3.63, 3.8) is 0 Å². The zero-order valence-corrected chi connectivity index (χ0v) is 10.8. The lowest BCUT2D eigenvalue weighted by atomic mass is 10.1. The summed E-state index contributed by atoms with van der Waals surface area (Å²) in [5.41, 5.74) is -1.27. The predicted molar refractivity (Wildman–Crippen MR) is 59.5 cm³/mol. The molecule has 1 saturated heterocycles. The van der Waals surface area contributed by atoms with Crippen LogP contribution in [0.15, 0.2) is 0 Å². The Morgan fingerprint density at radius 2 is 1.76 bits per heavy atom. The van der Waals surface area contributed by atoms with Crippen molar-refractivity contribution >= 4 is 15.2 Å². The maximum atomic E-state index is 11.3. The molecule has 8 nitrogen and oxygen atoms in total. The number of aliphatic hydroxyl groups excluding tert-OH is 1. The van der Waals surface area contributed by atoms with Crippen molar-refractivity contribution in [2.45, 2.75) is 36.8 Å². The minimum absolute atomic E-state index is 0.517. The largest absolute Gasteiger partial charge is 0.380 e. The third-order valence-corrected chi connectivity index (χ3v) is 5.26. The Hall–Kier alpha value is 0.220. The second kappa shape index (κ2) is 5.47. The standard InChI is InChI=1S/C7H17NO7P2/c9-7(17(13,14)15)4-6(16(10,11)12)5-2-1-3-8-5/h5-9H,1-4H2,(H2,10,11,12)(H2,13,14,15). The van der Waals surface area contributed by atoms with E-state index in [0.717, 1.165) is 6.42 Å². The molecular weight excluding hydrogens is 272 g/mol. The van der Waals surface area contributed by atoms with Gasteiger partial charge in [0.15, 0.2) is 5.85 Å². The van der Waals surface area contributed by atoms with Crippen LogP contribution in [-0.4, -0.2) is 48.8 Å². The van der Waals surface area contributed by atoms with Crippen LogP contribution in [0.5, 0.6) is 0 Å². The van der Waals surface area contributed by atoms with E-state index in [1.165, 1.54) is 0 Å². The van der Waals surface area contributed by atoms with Gasteiger partial charge in [0, 0.05) is 12.5 Å². The van der Waals surface area contributed by atoms with Crippen molar-refractivity contribution in [2.24, 2.45) is 0 Å². The van der Waals surface area contributed by atoms with Crippen LogP contribution in [0.2, 0.25) is 0 Å².